The average molecular weight is 622 g/mol. The molecule has 0 radical (unpaired) electrons. The second-order valence-electron chi connectivity index (χ2n) is 9.77. The first kappa shape index (κ1) is 27.9. The van der Waals surface area contributed by atoms with Crippen LogP contribution in [0.3, 0.4) is 0 Å². The van der Waals surface area contributed by atoms with E-state index in [1.807, 2.05) is 44.2 Å². The number of amides is 1. The zero-order valence-electron chi connectivity index (χ0n) is 22.5. The Morgan fingerprint density at radius 1 is 1.00 bits per heavy atom. The van der Waals surface area contributed by atoms with Gasteiger partial charge in [0.1, 0.15) is 11.3 Å². The minimum absolute atomic E-state index is 0.0829. The minimum Gasteiger partial charge on any atom is -0.436 e. The molecule has 0 bridgehead atoms. The van der Waals surface area contributed by atoms with Crippen LogP contribution in [0.4, 0.5) is 23.0 Å². The molecule has 1 aromatic heterocycles. The number of anilines is 4. The SMILES string of the molecule is Cc1cccc(C)c1NC(=O)c1cnc(Nc2ccc(N3CCN(C)CC3)cc2)nc1Oc1ccc(Br)cc1Cl. The fourth-order valence-corrected chi connectivity index (χ4v) is 5.18. The lowest BCUT2D eigenvalue weighted by molar-refractivity contribution is 0.102. The fraction of sp³-hybridized carbons (Fsp3) is 0.233. The standard InChI is InChI=1S/C30H30BrClN6O2/c1-19-5-4-6-20(2)27(19)35-28(39)24-18-33-30(36-29(24)40-26-12-7-21(31)17-25(26)32)34-22-8-10-23(11-9-22)38-15-13-37(3)14-16-38/h4-12,17-18H,13-16H2,1-3H3,(H,35,39)(H,33,34,36). The van der Waals surface area contributed by atoms with Crippen LogP contribution in [0, 0.1) is 13.8 Å². The number of aryl methyl sites for hydroxylation is 2. The lowest BCUT2D eigenvalue weighted by atomic mass is 10.1. The normalized spacial score (nSPS) is 13.7. The first-order valence-corrected chi connectivity index (χ1v) is 14.1. The Balaban J connectivity index is 1.41. The number of aromatic nitrogens is 2. The maximum Gasteiger partial charge on any atom is 0.262 e. The highest BCUT2D eigenvalue weighted by atomic mass is 79.9. The van der Waals surface area contributed by atoms with Crippen molar-refractivity contribution < 1.29 is 9.53 Å². The van der Waals surface area contributed by atoms with E-state index in [0.29, 0.717) is 16.7 Å². The molecule has 206 valence electrons. The van der Waals surface area contributed by atoms with Gasteiger partial charge in [-0.15, -0.1) is 0 Å². The van der Waals surface area contributed by atoms with E-state index in [0.717, 1.165) is 53.2 Å². The topological polar surface area (TPSA) is 82.6 Å². The van der Waals surface area contributed by atoms with Crippen molar-refractivity contribution in [2.24, 2.45) is 0 Å². The summed E-state index contributed by atoms with van der Waals surface area (Å²) in [7, 11) is 2.14. The van der Waals surface area contributed by atoms with Crippen LogP contribution in [0.2, 0.25) is 5.02 Å². The van der Waals surface area contributed by atoms with E-state index in [-0.39, 0.29) is 17.4 Å². The molecule has 8 nitrogen and oxygen atoms in total. The Kier molecular flexibility index (Phi) is 8.54. The van der Waals surface area contributed by atoms with E-state index in [9.17, 15) is 4.79 Å². The smallest absolute Gasteiger partial charge is 0.262 e. The zero-order valence-corrected chi connectivity index (χ0v) is 24.9. The van der Waals surface area contributed by atoms with Crippen LogP contribution in [0.15, 0.2) is 71.3 Å². The van der Waals surface area contributed by atoms with E-state index in [2.05, 4.69) is 65.5 Å². The lowest BCUT2D eigenvalue weighted by Crippen LogP contribution is -2.44. The van der Waals surface area contributed by atoms with Crippen LogP contribution in [-0.4, -0.2) is 54.0 Å². The molecule has 40 heavy (non-hydrogen) atoms. The predicted molar refractivity (Wildman–Crippen MR) is 165 cm³/mol. The zero-order chi connectivity index (χ0) is 28.2. The molecule has 1 saturated heterocycles. The lowest BCUT2D eigenvalue weighted by Gasteiger charge is -2.34. The molecule has 2 heterocycles. The third-order valence-corrected chi connectivity index (χ3v) is 7.60. The second kappa shape index (κ2) is 12.2. The van der Waals surface area contributed by atoms with E-state index in [4.69, 9.17) is 16.3 Å². The molecule has 1 aliphatic rings. The Morgan fingerprint density at radius 3 is 2.38 bits per heavy atom. The van der Waals surface area contributed by atoms with Gasteiger partial charge in [-0.1, -0.05) is 45.7 Å². The average Bonchev–Trinajstić information content (AvgIpc) is 2.93. The summed E-state index contributed by atoms with van der Waals surface area (Å²) in [5.41, 5.74) is 4.81. The number of carbonyl (C=O) groups excluding carboxylic acids is 1. The van der Waals surface area contributed by atoms with Crippen molar-refractivity contribution in [3.8, 4) is 11.6 Å². The number of halogens is 2. The molecule has 4 aromatic rings. The Bertz CT molecular complexity index is 1500. The molecule has 10 heteroatoms. The Morgan fingerprint density at radius 2 is 1.70 bits per heavy atom. The third-order valence-electron chi connectivity index (χ3n) is 6.81. The number of nitrogens with one attached hydrogen (secondary N) is 2. The van der Waals surface area contributed by atoms with Crippen LogP contribution in [0.5, 0.6) is 11.6 Å². The molecule has 0 spiro atoms. The van der Waals surface area contributed by atoms with E-state index >= 15 is 0 Å². The molecule has 0 unspecified atom stereocenters. The quantitative estimate of drug-likeness (QED) is 0.229. The summed E-state index contributed by atoms with van der Waals surface area (Å²) in [6.07, 6.45) is 1.46. The number of nitrogens with zero attached hydrogens (tertiary/aromatic N) is 4. The van der Waals surface area contributed by atoms with Gasteiger partial charge in [0.15, 0.2) is 0 Å². The largest absolute Gasteiger partial charge is 0.436 e. The van der Waals surface area contributed by atoms with Crippen molar-refractivity contribution in [3.05, 3.63) is 93.0 Å². The van der Waals surface area contributed by atoms with E-state index < -0.39 is 0 Å². The summed E-state index contributed by atoms with van der Waals surface area (Å²) >= 11 is 9.82. The molecule has 0 atom stereocenters. The van der Waals surface area contributed by atoms with E-state index in [1.54, 1.807) is 18.2 Å². The van der Waals surface area contributed by atoms with Crippen molar-refractivity contribution in [2.45, 2.75) is 13.8 Å². The van der Waals surface area contributed by atoms with Crippen molar-refractivity contribution in [3.63, 3.8) is 0 Å². The maximum absolute atomic E-state index is 13.4. The number of rotatable bonds is 7. The monoisotopic (exact) mass is 620 g/mol. The number of ether oxygens (including phenoxy) is 1. The predicted octanol–water partition coefficient (Wildman–Crippen LogP) is 7.05. The number of piperazine rings is 1. The highest BCUT2D eigenvalue weighted by molar-refractivity contribution is 9.10. The van der Waals surface area contributed by atoms with E-state index in [1.165, 1.54) is 11.9 Å². The summed E-state index contributed by atoms with van der Waals surface area (Å²) in [4.78, 5) is 27.1. The van der Waals surface area contributed by atoms with Crippen LogP contribution in [0.1, 0.15) is 21.5 Å². The van der Waals surface area contributed by atoms with Crippen LogP contribution in [0.25, 0.3) is 0 Å². The van der Waals surface area contributed by atoms with Gasteiger partial charge in [-0.2, -0.15) is 4.98 Å². The molecular formula is C30H30BrClN6O2. The number of hydrogen-bond acceptors (Lipinski definition) is 7. The molecule has 2 N–H and O–H groups in total. The Labute approximate surface area is 247 Å². The van der Waals surface area contributed by atoms with Gasteiger partial charge in [0.05, 0.1) is 5.02 Å². The highest BCUT2D eigenvalue weighted by Crippen LogP contribution is 2.33. The highest BCUT2D eigenvalue weighted by Gasteiger charge is 2.20. The molecular weight excluding hydrogens is 592 g/mol. The number of para-hydroxylation sites is 1. The Hall–Kier alpha value is -3.66. The summed E-state index contributed by atoms with van der Waals surface area (Å²) in [5, 5.41) is 6.59. The molecule has 1 fully saturated rings. The molecule has 0 aliphatic carbocycles. The van der Waals surface area contributed by atoms with Gasteiger partial charge in [0.25, 0.3) is 5.91 Å². The van der Waals surface area contributed by atoms with Gasteiger partial charge in [0, 0.05) is 53.9 Å². The van der Waals surface area contributed by atoms with Gasteiger partial charge in [-0.3, -0.25) is 4.79 Å². The number of hydrogen-bond donors (Lipinski definition) is 2. The summed E-state index contributed by atoms with van der Waals surface area (Å²) in [6, 6.07) is 19.2. The van der Waals surface area contributed by atoms with Gasteiger partial charge in [-0.05, 0) is 74.5 Å². The van der Waals surface area contributed by atoms with Crippen LogP contribution in [-0.2, 0) is 0 Å². The van der Waals surface area contributed by atoms with Crippen molar-refractivity contribution in [1.82, 2.24) is 14.9 Å². The summed E-state index contributed by atoms with van der Waals surface area (Å²) in [5.74, 6) is 0.356. The minimum atomic E-state index is -0.385. The van der Waals surface area contributed by atoms with Gasteiger partial charge >= 0.3 is 0 Å². The molecule has 3 aromatic carbocycles. The van der Waals surface area contributed by atoms with Crippen molar-refractivity contribution in [2.75, 3.05) is 48.8 Å². The molecule has 1 aliphatic heterocycles. The van der Waals surface area contributed by atoms with Gasteiger partial charge in [-0.25, -0.2) is 4.98 Å². The first-order valence-electron chi connectivity index (χ1n) is 12.9. The maximum atomic E-state index is 13.4. The van der Waals surface area contributed by atoms with Crippen molar-refractivity contribution >= 4 is 56.4 Å². The molecule has 0 saturated carbocycles. The number of likely N-dealkylation sites (N-methyl/N-ethyl adjacent to an activating group) is 1. The fourth-order valence-electron chi connectivity index (χ4n) is 4.46. The van der Waals surface area contributed by atoms with Crippen LogP contribution < -0.4 is 20.3 Å². The second-order valence-corrected chi connectivity index (χ2v) is 11.1. The summed E-state index contributed by atoms with van der Waals surface area (Å²) < 4.78 is 6.89. The summed E-state index contributed by atoms with van der Waals surface area (Å²) in [6.45, 7) is 7.97. The van der Waals surface area contributed by atoms with Crippen molar-refractivity contribution in [1.29, 1.82) is 0 Å². The number of benzene rings is 3. The van der Waals surface area contributed by atoms with Gasteiger partial charge < -0.3 is 25.2 Å². The molecule has 5 rings (SSSR count). The number of carbonyl (C=O) groups is 1. The van der Waals surface area contributed by atoms with Crippen LogP contribution >= 0.6 is 27.5 Å². The molecule has 1 amide bonds. The first-order chi connectivity index (χ1) is 19.3. The third kappa shape index (κ3) is 6.55. The van der Waals surface area contributed by atoms with Gasteiger partial charge in [0.2, 0.25) is 11.8 Å².